The average molecular weight is 513 g/mol. The lowest BCUT2D eigenvalue weighted by Crippen LogP contribution is -2.44. The Morgan fingerprint density at radius 3 is 2.16 bits per heavy atom. The number of anilines is 1. The Labute approximate surface area is 217 Å². The maximum atomic E-state index is 14.2. The molecule has 0 radical (unpaired) electrons. The van der Waals surface area contributed by atoms with Crippen LogP contribution in [-0.4, -0.2) is 32.9 Å². The minimum atomic E-state index is -1.44. The highest BCUT2D eigenvalue weighted by Gasteiger charge is 2.43. The molecule has 1 aliphatic rings. The number of hydrogen-bond donors (Lipinski definition) is 3. The van der Waals surface area contributed by atoms with E-state index in [1.165, 1.54) is 12.1 Å². The van der Waals surface area contributed by atoms with Gasteiger partial charge in [0, 0.05) is 5.02 Å². The highest BCUT2D eigenvalue weighted by atomic mass is 35.5. The van der Waals surface area contributed by atoms with E-state index in [2.05, 4.69) is 5.32 Å². The minimum Gasteiger partial charge on any atom is -0.508 e. The van der Waals surface area contributed by atoms with Crippen molar-refractivity contribution in [3.63, 3.8) is 0 Å². The zero-order valence-electron chi connectivity index (χ0n) is 19.3. The first kappa shape index (κ1) is 24.1. The van der Waals surface area contributed by atoms with E-state index in [1.54, 1.807) is 84.9 Å². The van der Waals surface area contributed by atoms with E-state index < -0.39 is 29.9 Å². The van der Waals surface area contributed by atoms with Crippen LogP contribution < -0.4 is 5.32 Å². The minimum absolute atomic E-state index is 0.103. The Balaban J connectivity index is 1.70. The molecule has 184 valence electrons. The third-order valence-corrected chi connectivity index (χ3v) is 6.53. The third kappa shape index (κ3) is 4.64. The number of amides is 2. The molecule has 7 nitrogen and oxygen atoms in total. The number of phenols is 1. The summed E-state index contributed by atoms with van der Waals surface area (Å²) in [6.45, 7) is 0. The van der Waals surface area contributed by atoms with Crippen molar-refractivity contribution in [2.24, 2.45) is 0 Å². The van der Waals surface area contributed by atoms with Crippen molar-refractivity contribution in [2.45, 2.75) is 12.1 Å². The summed E-state index contributed by atoms with van der Waals surface area (Å²) in [5.74, 6) is -2.34. The van der Waals surface area contributed by atoms with Crippen LogP contribution >= 0.6 is 11.6 Å². The number of carboxylic acids is 1. The van der Waals surface area contributed by atoms with Crippen molar-refractivity contribution in [3.8, 4) is 16.9 Å². The Hall–Kier alpha value is -4.62. The summed E-state index contributed by atoms with van der Waals surface area (Å²) in [7, 11) is 0. The van der Waals surface area contributed by atoms with E-state index >= 15 is 0 Å². The number of nitrogens with one attached hydrogen (secondary N) is 1. The fraction of sp³-hybridized carbons (Fsp3) is 0.0690. The van der Waals surface area contributed by atoms with Crippen molar-refractivity contribution in [2.75, 3.05) is 5.32 Å². The molecule has 3 N–H and O–H groups in total. The molecule has 5 rings (SSSR count). The van der Waals surface area contributed by atoms with Gasteiger partial charge in [-0.05, 0) is 58.7 Å². The Kier molecular flexibility index (Phi) is 6.38. The van der Waals surface area contributed by atoms with Crippen LogP contribution in [0.25, 0.3) is 11.1 Å². The number of aromatic hydroxyl groups is 1. The lowest BCUT2D eigenvalue weighted by Gasteiger charge is -2.34. The van der Waals surface area contributed by atoms with E-state index in [1.807, 2.05) is 0 Å². The molecule has 0 spiro atoms. The number of carbonyl (C=O) groups excluding carboxylic acids is 2. The smallest absolute Gasteiger partial charge is 0.331 e. The van der Waals surface area contributed by atoms with Gasteiger partial charge in [0.2, 0.25) is 0 Å². The molecule has 4 aromatic rings. The standard InChI is InChI=1S/C29H21ClN2O5/c30-21-11-6-19(7-12-21)25-27(34)31-24-15-10-20(17-8-13-22(33)14-9-17)16-23(24)28(35)32(25)26(29(36)37)18-4-2-1-3-5-18/h1-16,25-26,33H,(H,31,34)(H,36,37). The van der Waals surface area contributed by atoms with Gasteiger partial charge in [-0.3, -0.25) is 9.59 Å². The second-order valence-electron chi connectivity index (χ2n) is 8.61. The number of carbonyl (C=O) groups is 3. The molecule has 0 aromatic heterocycles. The molecule has 0 saturated heterocycles. The van der Waals surface area contributed by atoms with Gasteiger partial charge in [0.25, 0.3) is 11.8 Å². The molecule has 0 saturated carbocycles. The first-order chi connectivity index (χ1) is 17.8. The number of fused-ring (bicyclic) bond motifs is 1. The number of halogens is 1. The summed E-state index contributed by atoms with van der Waals surface area (Å²) >= 11 is 6.06. The Morgan fingerprint density at radius 2 is 1.51 bits per heavy atom. The van der Waals surface area contributed by atoms with Gasteiger partial charge in [-0.15, -0.1) is 0 Å². The molecule has 2 amide bonds. The van der Waals surface area contributed by atoms with Crippen molar-refractivity contribution in [1.82, 2.24) is 4.90 Å². The average Bonchev–Trinajstić information content (AvgIpc) is 2.99. The van der Waals surface area contributed by atoms with Crippen LogP contribution in [0.4, 0.5) is 5.69 Å². The summed E-state index contributed by atoms with van der Waals surface area (Å²) in [4.78, 5) is 41.6. The van der Waals surface area contributed by atoms with Crippen LogP contribution in [0.15, 0.2) is 97.1 Å². The molecule has 8 heteroatoms. The summed E-state index contributed by atoms with van der Waals surface area (Å²) in [5.41, 5.74) is 2.60. The number of carboxylic acid groups (broad SMARTS) is 1. The van der Waals surface area contributed by atoms with Gasteiger partial charge in [0.1, 0.15) is 11.8 Å². The zero-order chi connectivity index (χ0) is 26.1. The molecule has 2 atom stereocenters. The van der Waals surface area contributed by atoms with Gasteiger partial charge in [-0.2, -0.15) is 0 Å². The third-order valence-electron chi connectivity index (χ3n) is 6.28. The molecule has 0 fully saturated rings. The van der Waals surface area contributed by atoms with Crippen LogP contribution in [0.5, 0.6) is 5.75 Å². The largest absolute Gasteiger partial charge is 0.508 e. The monoisotopic (exact) mass is 512 g/mol. The predicted molar refractivity (Wildman–Crippen MR) is 139 cm³/mol. The van der Waals surface area contributed by atoms with E-state index in [9.17, 15) is 24.6 Å². The topological polar surface area (TPSA) is 107 Å². The Morgan fingerprint density at radius 1 is 0.865 bits per heavy atom. The predicted octanol–water partition coefficient (Wildman–Crippen LogP) is 5.67. The summed E-state index contributed by atoms with van der Waals surface area (Å²) in [6.07, 6.45) is 0. The maximum absolute atomic E-state index is 14.2. The van der Waals surface area contributed by atoms with Crippen molar-refractivity contribution < 1.29 is 24.6 Å². The van der Waals surface area contributed by atoms with Crippen LogP contribution in [0.1, 0.15) is 33.6 Å². The van der Waals surface area contributed by atoms with Gasteiger partial charge in [0.15, 0.2) is 6.04 Å². The van der Waals surface area contributed by atoms with Crippen LogP contribution in [-0.2, 0) is 9.59 Å². The fourth-order valence-electron chi connectivity index (χ4n) is 4.53. The molecular formula is C29H21ClN2O5. The summed E-state index contributed by atoms with van der Waals surface area (Å²) in [6, 6.07) is 23.5. The number of aliphatic carboxylic acids is 1. The second kappa shape index (κ2) is 9.79. The lowest BCUT2D eigenvalue weighted by atomic mass is 9.97. The highest BCUT2D eigenvalue weighted by molar-refractivity contribution is 6.30. The van der Waals surface area contributed by atoms with E-state index in [0.29, 0.717) is 21.7 Å². The Bertz CT molecular complexity index is 1490. The van der Waals surface area contributed by atoms with Crippen molar-refractivity contribution >= 4 is 35.1 Å². The molecular weight excluding hydrogens is 492 g/mol. The number of nitrogens with zero attached hydrogens (tertiary/aromatic N) is 1. The van der Waals surface area contributed by atoms with Gasteiger partial charge >= 0.3 is 5.97 Å². The molecule has 2 unspecified atom stereocenters. The van der Waals surface area contributed by atoms with Crippen molar-refractivity contribution in [1.29, 1.82) is 0 Å². The van der Waals surface area contributed by atoms with E-state index in [4.69, 9.17) is 11.6 Å². The van der Waals surface area contributed by atoms with Crippen molar-refractivity contribution in [3.05, 3.63) is 119 Å². The first-order valence-electron chi connectivity index (χ1n) is 11.4. The zero-order valence-corrected chi connectivity index (χ0v) is 20.1. The fourth-order valence-corrected chi connectivity index (χ4v) is 4.65. The van der Waals surface area contributed by atoms with Crippen LogP contribution in [0.3, 0.4) is 0 Å². The second-order valence-corrected chi connectivity index (χ2v) is 9.05. The maximum Gasteiger partial charge on any atom is 0.331 e. The van der Waals surface area contributed by atoms with Gasteiger partial charge in [-0.25, -0.2) is 4.79 Å². The summed E-state index contributed by atoms with van der Waals surface area (Å²) < 4.78 is 0. The van der Waals surface area contributed by atoms with Crippen LogP contribution in [0, 0.1) is 0 Å². The quantitative estimate of drug-likeness (QED) is 0.319. The van der Waals surface area contributed by atoms with Gasteiger partial charge < -0.3 is 20.4 Å². The molecule has 37 heavy (non-hydrogen) atoms. The normalized spacial score (nSPS) is 15.9. The van der Waals surface area contributed by atoms with Crippen LogP contribution in [0.2, 0.25) is 5.02 Å². The first-order valence-corrected chi connectivity index (χ1v) is 11.8. The van der Waals surface area contributed by atoms with Gasteiger partial charge in [0.05, 0.1) is 11.3 Å². The highest BCUT2D eigenvalue weighted by Crippen LogP contribution is 2.39. The van der Waals surface area contributed by atoms with E-state index in [0.717, 1.165) is 10.5 Å². The van der Waals surface area contributed by atoms with Gasteiger partial charge in [-0.1, -0.05) is 72.3 Å². The molecule has 4 aromatic carbocycles. The number of phenolic OH excluding ortho intramolecular Hbond substituents is 1. The number of rotatable bonds is 5. The lowest BCUT2D eigenvalue weighted by molar-refractivity contribution is -0.144. The molecule has 1 heterocycles. The SMILES string of the molecule is O=C(O)C(c1ccccc1)N1C(=O)c2cc(-c3ccc(O)cc3)ccc2NC(=O)C1c1ccc(Cl)cc1. The summed E-state index contributed by atoms with van der Waals surface area (Å²) in [5, 5.41) is 23.2. The number of hydrogen-bond acceptors (Lipinski definition) is 4. The molecule has 0 aliphatic carbocycles. The van der Waals surface area contributed by atoms with E-state index in [-0.39, 0.29) is 17.0 Å². The molecule has 0 bridgehead atoms. The number of benzene rings is 4. The molecule has 1 aliphatic heterocycles.